The molecule has 1 aromatic rings. The third kappa shape index (κ3) is 7.66. The van der Waals surface area contributed by atoms with Gasteiger partial charge in [-0.25, -0.2) is 4.99 Å². The van der Waals surface area contributed by atoms with Gasteiger partial charge in [-0.15, -0.1) is 6.42 Å². The first-order chi connectivity index (χ1) is 12.8. The molecule has 0 bridgehead atoms. The lowest BCUT2D eigenvalue weighted by Crippen LogP contribution is -2.42. The number of esters is 1. The van der Waals surface area contributed by atoms with Crippen molar-refractivity contribution in [1.82, 2.24) is 10.6 Å². The molecular weight excluding hydrogens is 374 g/mol. The third-order valence-electron chi connectivity index (χ3n) is 3.08. The number of rotatable bonds is 8. The van der Waals surface area contributed by atoms with Gasteiger partial charge in [-0.05, 0) is 25.1 Å². The van der Waals surface area contributed by atoms with Crippen LogP contribution in [0.2, 0.25) is 5.02 Å². The first-order valence-corrected chi connectivity index (χ1v) is 8.23. The summed E-state index contributed by atoms with van der Waals surface area (Å²) in [5.41, 5.74) is 11.0. The second kappa shape index (κ2) is 10.7. The first kappa shape index (κ1) is 21.8. The van der Waals surface area contributed by atoms with Gasteiger partial charge in [0.25, 0.3) is 5.91 Å². The third-order valence-corrected chi connectivity index (χ3v) is 3.40. The molecule has 144 valence electrons. The monoisotopic (exact) mass is 393 g/mol. The summed E-state index contributed by atoms with van der Waals surface area (Å²) < 4.78 is 4.77. The second-order valence-corrected chi connectivity index (χ2v) is 5.59. The first-order valence-electron chi connectivity index (χ1n) is 7.85. The molecule has 0 aromatic heterocycles. The predicted molar refractivity (Wildman–Crippen MR) is 101 cm³/mol. The lowest BCUT2D eigenvalue weighted by atomic mass is 10.2. The minimum absolute atomic E-state index is 0.164. The predicted octanol–water partition coefficient (Wildman–Crippen LogP) is 0.0459. The molecule has 6 N–H and O–H groups in total. The van der Waals surface area contributed by atoms with Gasteiger partial charge in [0.2, 0.25) is 5.91 Å². The van der Waals surface area contributed by atoms with Crippen molar-refractivity contribution in [3.63, 3.8) is 0 Å². The van der Waals surface area contributed by atoms with Gasteiger partial charge in [-0.1, -0.05) is 17.5 Å². The van der Waals surface area contributed by atoms with Crippen molar-refractivity contribution in [2.24, 2.45) is 16.5 Å². The van der Waals surface area contributed by atoms with Gasteiger partial charge in [-0.2, -0.15) is 0 Å². The van der Waals surface area contributed by atoms with Gasteiger partial charge >= 0.3 is 5.97 Å². The van der Waals surface area contributed by atoms with E-state index in [1.165, 1.54) is 18.2 Å². The van der Waals surface area contributed by atoms with Crippen LogP contribution in [0.3, 0.4) is 0 Å². The van der Waals surface area contributed by atoms with Crippen LogP contribution < -0.4 is 22.1 Å². The molecule has 0 heterocycles. The van der Waals surface area contributed by atoms with Crippen LogP contribution in [-0.2, 0) is 14.3 Å². The summed E-state index contributed by atoms with van der Waals surface area (Å²) in [5, 5.41) is 5.12. The lowest BCUT2D eigenvalue weighted by Gasteiger charge is -2.13. The number of carbonyl (C=O) groups is 3. The Kier molecular flexibility index (Phi) is 8.62. The molecule has 0 saturated carbocycles. The molecule has 1 aromatic carbocycles. The number of carbonyl (C=O) groups excluding carboxylic acids is 3. The Balaban J connectivity index is 2.63. The summed E-state index contributed by atoms with van der Waals surface area (Å²) in [6.07, 6.45) is 5.11. The minimum atomic E-state index is -0.836. The summed E-state index contributed by atoms with van der Waals surface area (Å²) in [6, 6.07) is 3.44. The highest BCUT2D eigenvalue weighted by Gasteiger charge is 2.16. The second-order valence-electron chi connectivity index (χ2n) is 5.18. The van der Waals surface area contributed by atoms with Crippen LogP contribution >= 0.6 is 11.6 Å². The number of aliphatic imine (C=N–C) groups is 1. The Bertz CT molecular complexity index is 784. The molecule has 27 heavy (non-hydrogen) atoms. The van der Waals surface area contributed by atoms with E-state index in [9.17, 15) is 14.4 Å². The van der Waals surface area contributed by atoms with Crippen LogP contribution in [-0.4, -0.2) is 42.9 Å². The van der Waals surface area contributed by atoms with Crippen LogP contribution in [0, 0.1) is 12.3 Å². The topological polar surface area (TPSA) is 149 Å². The molecule has 0 aliphatic rings. The van der Waals surface area contributed by atoms with Crippen molar-refractivity contribution in [1.29, 1.82) is 0 Å². The van der Waals surface area contributed by atoms with Gasteiger partial charge in [0.05, 0.1) is 30.3 Å². The van der Waals surface area contributed by atoms with Gasteiger partial charge < -0.3 is 26.8 Å². The van der Waals surface area contributed by atoms with Gasteiger partial charge in [0.1, 0.15) is 6.04 Å². The van der Waals surface area contributed by atoms with Crippen LogP contribution in [0.1, 0.15) is 23.7 Å². The van der Waals surface area contributed by atoms with Crippen molar-refractivity contribution >= 4 is 41.0 Å². The fourth-order valence-electron chi connectivity index (χ4n) is 1.92. The molecule has 0 aliphatic heterocycles. The summed E-state index contributed by atoms with van der Waals surface area (Å²) in [7, 11) is 0. The lowest BCUT2D eigenvalue weighted by molar-refractivity contribution is -0.143. The van der Waals surface area contributed by atoms with Crippen LogP contribution in [0.25, 0.3) is 0 Å². The molecule has 0 fully saturated rings. The van der Waals surface area contributed by atoms with Gasteiger partial charge in [0, 0.05) is 5.56 Å². The summed E-state index contributed by atoms with van der Waals surface area (Å²) in [4.78, 5) is 39.3. The van der Waals surface area contributed by atoms with E-state index in [1.54, 1.807) is 6.92 Å². The normalized spacial score (nSPS) is 10.9. The number of guanidine groups is 1. The Morgan fingerprint density at radius 3 is 2.67 bits per heavy atom. The molecule has 2 amide bonds. The zero-order valence-corrected chi connectivity index (χ0v) is 15.4. The molecule has 0 aliphatic carbocycles. The van der Waals surface area contributed by atoms with Crippen LogP contribution in [0.15, 0.2) is 23.2 Å². The summed E-state index contributed by atoms with van der Waals surface area (Å²) in [6.45, 7) is 1.52. The molecule has 9 nitrogen and oxygen atoms in total. The number of ether oxygens (including phenoxy) is 1. The van der Waals surface area contributed by atoms with Crippen molar-refractivity contribution in [3.05, 3.63) is 28.8 Å². The number of hydrogen-bond donors (Lipinski definition) is 4. The Morgan fingerprint density at radius 2 is 2.07 bits per heavy atom. The number of terminal acetylenes is 1. The number of amides is 2. The fraction of sp³-hybridized carbons (Fsp3) is 0.294. The molecule has 10 heteroatoms. The number of halogens is 1. The Labute approximate surface area is 161 Å². The largest absolute Gasteiger partial charge is 0.466 e. The van der Waals surface area contributed by atoms with Crippen molar-refractivity contribution in [2.45, 2.75) is 19.4 Å². The quantitative estimate of drug-likeness (QED) is 0.212. The van der Waals surface area contributed by atoms with Crippen molar-refractivity contribution in [2.75, 3.05) is 13.2 Å². The Morgan fingerprint density at radius 1 is 1.37 bits per heavy atom. The number of nitrogens with zero attached hydrogens (tertiary/aromatic N) is 1. The summed E-state index contributed by atoms with van der Waals surface area (Å²) in [5.74, 6) is 0.427. The maximum absolute atomic E-state index is 12.2. The highest BCUT2D eigenvalue weighted by molar-refractivity contribution is 6.33. The minimum Gasteiger partial charge on any atom is -0.466 e. The van der Waals surface area contributed by atoms with Crippen LogP contribution in [0.5, 0.6) is 0 Å². The fourth-order valence-corrected chi connectivity index (χ4v) is 2.08. The highest BCUT2D eigenvalue weighted by atomic mass is 35.5. The molecule has 0 saturated heterocycles. The molecule has 0 spiro atoms. The van der Waals surface area contributed by atoms with Crippen LogP contribution in [0.4, 0.5) is 5.69 Å². The molecule has 0 radical (unpaired) electrons. The highest BCUT2D eigenvalue weighted by Crippen LogP contribution is 2.25. The molecule has 1 unspecified atom stereocenters. The number of benzene rings is 1. The maximum Gasteiger partial charge on any atom is 0.308 e. The standard InChI is InChI=1S/C17H20ClN5O4/c1-3-11(8-15(25)27-4-2)22-14(24)9-21-16(26)10-5-6-12(18)13(7-10)23-17(19)20/h1,5-7,11H,4,8-9H2,2H3,(H,21,26)(H,22,24)(H4,19,20,23). The van der Waals surface area contributed by atoms with E-state index in [1.807, 2.05) is 0 Å². The van der Waals surface area contributed by atoms with Crippen molar-refractivity contribution in [3.8, 4) is 12.3 Å². The maximum atomic E-state index is 12.2. The number of nitrogens with one attached hydrogen (secondary N) is 2. The molecule has 1 rings (SSSR count). The number of hydrogen-bond acceptors (Lipinski definition) is 5. The summed E-state index contributed by atoms with van der Waals surface area (Å²) >= 11 is 5.94. The smallest absolute Gasteiger partial charge is 0.308 e. The van der Waals surface area contributed by atoms with E-state index in [4.69, 9.17) is 34.2 Å². The average Bonchev–Trinajstić information content (AvgIpc) is 2.60. The van der Waals surface area contributed by atoms with Gasteiger partial charge in [-0.3, -0.25) is 14.4 Å². The Hall–Kier alpha value is -3.25. The van der Waals surface area contributed by atoms with Gasteiger partial charge in [0.15, 0.2) is 5.96 Å². The average molecular weight is 394 g/mol. The number of nitrogens with two attached hydrogens (primary N) is 2. The van der Waals surface area contributed by atoms with E-state index in [0.717, 1.165) is 0 Å². The molecular formula is C17H20ClN5O4. The SMILES string of the molecule is C#CC(CC(=O)OCC)NC(=O)CNC(=O)c1ccc(Cl)c(N=C(N)N)c1. The zero-order valence-electron chi connectivity index (χ0n) is 14.6. The van der Waals surface area contributed by atoms with E-state index in [-0.39, 0.29) is 41.8 Å². The van der Waals surface area contributed by atoms with E-state index in [0.29, 0.717) is 0 Å². The molecule has 1 atom stereocenters. The van der Waals surface area contributed by atoms with E-state index >= 15 is 0 Å². The van der Waals surface area contributed by atoms with Crippen molar-refractivity contribution < 1.29 is 19.1 Å². The van der Waals surface area contributed by atoms with E-state index < -0.39 is 23.8 Å². The zero-order chi connectivity index (χ0) is 20.4. The van der Waals surface area contributed by atoms with E-state index in [2.05, 4.69) is 21.5 Å².